The lowest BCUT2D eigenvalue weighted by atomic mass is 9.92. The first-order valence-electron chi connectivity index (χ1n) is 8.11. The molecule has 2 fully saturated rings. The molecule has 21 heavy (non-hydrogen) atoms. The minimum Gasteiger partial charge on any atom is -0.372 e. The highest BCUT2D eigenvalue weighted by atomic mass is 16.5. The van der Waals surface area contributed by atoms with Crippen LogP contribution in [0, 0.1) is 5.92 Å². The molecule has 1 aliphatic heterocycles. The van der Waals surface area contributed by atoms with Gasteiger partial charge < -0.3 is 14.4 Å². The Balaban J connectivity index is 1.65. The van der Waals surface area contributed by atoms with Gasteiger partial charge in [-0.05, 0) is 32.1 Å². The highest BCUT2D eigenvalue weighted by Crippen LogP contribution is 2.34. The molecule has 4 atom stereocenters. The van der Waals surface area contributed by atoms with Crippen LogP contribution < -0.4 is 0 Å². The van der Waals surface area contributed by atoms with Crippen LogP contribution in [0.25, 0.3) is 0 Å². The van der Waals surface area contributed by atoms with E-state index in [0.717, 1.165) is 38.6 Å². The molecule has 1 saturated heterocycles. The zero-order chi connectivity index (χ0) is 14.7. The van der Waals surface area contributed by atoms with Crippen molar-refractivity contribution in [2.75, 3.05) is 19.8 Å². The standard InChI is InChI=1S/C17H25NO3/c1-2-11-20-15-9-8-14-16(15)21-12-10-18(14)17(19)13-6-4-3-5-7-13/h2-4,13-16H,1,5-12H2/t13?,14-,15-,16+/m0/s1. The Morgan fingerprint density at radius 1 is 1.38 bits per heavy atom. The van der Waals surface area contributed by atoms with Gasteiger partial charge in [-0.3, -0.25) is 4.79 Å². The molecular formula is C17H25NO3. The van der Waals surface area contributed by atoms with Crippen molar-refractivity contribution in [3.8, 4) is 0 Å². The number of rotatable bonds is 4. The largest absolute Gasteiger partial charge is 0.372 e. The lowest BCUT2D eigenvalue weighted by Crippen LogP contribution is -2.55. The van der Waals surface area contributed by atoms with Crippen molar-refractivity contribution in [1.82, 2.24) is 4.90 Å². The van der Waals surface area contributed by atoms with Gasteiger partial charge in [-0.25, -0.2) is 0 Å². The molecular weight excluding hydrogens is 266 g/mol. The van der Waals surface area contributed by atoms with E-state index < -0.39 is 0 Å². The number of allylic oxidation sites excluding steroid dienone is 2. The maximum absolute atomic E-state index is 12.8. The van der Waals surface area contributed by atoms with Crippen LogP contribution in [-0.2, 0) is 14.3 Å². The van der Waals surface area contributed by atoms with Crippen LogP contribution in [0.4, 0.5) is 0 Å². The summed E-state index contributed by atoms with van der Waals surface area (Å²) < 4.78 is 11.7. The van der Waals surface area contributed by atoms with Gasteiger partial charge in [0.25, 0.3) is 0 Å². The van der Waals surface area contributed by atoms with Crippen molar-refractivity contribution in [3.63, 3.8) is 0 Å². The molecule has 116 valence electrons. The normalized spacial score (nSPS) is 35.5. The first-order valence-corrected chi connectivity index (χ1v) is 8.11. The van der Waals surface area contributed by atoms with E-state index in [0.29, 0.717) is 19.1 Å². The van der Waals surface area contributed by atoms with E-state index in [4.69, 9.17) is 9.47 Å². The zero-order valence-corrected chi connectivity index (χ0v) is 12.6. The van der Waals surface area contributed by atoms with E-state index in [1.807, 2.05) is 0 Å². The van der Waals surface area contributed by atoms with Crippen molar-refractivity contribution in [2.45, 2.75) is 50.4 Å². The molecule has 4 heteroatoms. The lowest BCUT2D eigenvalue weighted by Gasteiger charge is -2.40. The molecule has 0 radical (unpaired) electrons. The summed E-state index contributed by atoms with van der Waals surface area (Å²) in [6, 6.07) is 0.201. The number of fused-ring (bicyclic) bond motifs is 1. The Labute approximate surface area is 126 Å². The Morgan fingerprint density at radius 2 is 2.29 bits per heavy atom. The number of hydrogen-bond donors (Lipinski definition) is 0. The molecule has 4 nitrogen and oxygen atoms in total. The highest BCUT2D eigenvalue weighted by Gasteiger charge is 2.45. The predicted octanol–water partition coefficient (Wildman–Crippen LogP) is 2.30. The van der Waals surface area contributed by atoms with Gasteiger partial charge in [-0.15, -0.1) is 6.58 Å². The summed E-state index contributed by atoms with van der Waals surface area (Å²) in [6.45, 7) is 5.61. The number of ether oxygens (including phenoxy) is 2. The number of morpholine rings is 1. The summed E-state index contributed by atoms with van der Waals surface area (Å²) in [4.78, 5) is 14.9. The lowest BCUT2D eigenvalue weighted by molar-refractivity contribution is -0.155. The molecule has 0 aromatic heterocycles. The van der Waals surface area contributed by atoms with Crippen molar-refractivity contribution in [3.05, 3.63) is 24.8 Å². The number of hydrogen-bond acceptors (Lipinski definition) is 3. The maximum Gasteiger partial charge on any atom is 0.226 e. The second-order valence-corrected chi connectivity index (χ2v) is 6.15. The van der Waals surface area contributed by atoms with Crippen molar-refractivity contribution in [2.24, 2.45) is 5.92 Å². The minimum atomic E-state index is 0.0433. The summed E-state index contributed by atoms with van der Waals surface area (Å²) in [5.74, 6) is 0.490. The second kappa shape index (κ2) is 6.75. The van der Waals surface area contributed by atoms with Gasteiger partial charge in [-0.1, -0.05) is 18.2 Å². The molecule has 0 spiro atoms. The zero-order valence-electron chi connectivity index (χ0n) is 12.6. The fourth-order valence-electron chi connectivity index (χ4n) is 3.81. The molecule has 1 unspecified atom stereocenters. The van der Waals surface area contributed by atoms with Gasteiger partial charge in [0, 0.05) is 12.5 Å². The van der Waals surface area contributed by atoms with Gasteiger partial charge in [0.1, 0.15) is 6.10 Å². The number of nitrogens with zero attached hydrogens (tertiary/aromatic N) is 1. The second-order valence-electron chi connectivity index (χ2n) is 6.15. The first-order chi connectivity index (χ1) is 10.3. The predicted molar refractivity (Wildman–Crippen MR) is 80.9 cm³/mol. The van der Waals surface area contributed by atoms with Crippen LogP contribution in [0.3, 0.4) is 0 Å². The molecule has 1 amide bonds. The van der Waals surface area contributed by atoms with Gasteiger partial charge in [-0.2, -0.15) is 0 Å². The molecule has 0 N–H and O–H groups in total. The van der Waals surface area contributed by atoms with Gasteiger partial charge in [0.15, 0.2) is 0 Å². The molecule has 1 heterocycles. The third-order valence-electron chi connectivity index (χ3n) is 4.86. The Bertz CT molecular complexity index is 420. The molecule has 0 aromatic carbocycles. The monoisotopic (exact) mass is 291 g/mol. The maximum atomic E-state index is 12.8. The Hall–Kier alpha value is -1.13. The number of carbonyl (C=O) groups excluding carboxylic acids is 1. The summed E-state index contributed by atoms with van der Waals surface area (Å²) in [7, 11) is 0. The highest BCUT2D eigenvalue weighted by molar-refractivity contribution is 5.79. The van der Waals surface area contributed by atoms with Crippen molar-refractivity contribution >= 4 is 5.91 Å². The summed E-state index contributed by atoms with van der Waals surface area (Å²) in [5, 5.41) is 0. The van der Waals surface area contributed by atoms with E-state index in [1.54, 1.807) is 6.08 Å². The fraction of sp³-hybridized carbons (Fsp3) is 0.706. The Kier molecular flexibility index (Phi) is 4.76. The third kappa shape index (κ3) is 3.06. The molecule has 3 rings (SSSR count). The molecule has 0 bridgehead atoms. The van der Waals surface area contributed by atoms with Gasteiger partial charge in [0.05, 0.1) is 25.4 Å². The first kappa shape index (κ1) is 14.8. The summed E-state index contributed by atoms with van der Waals surface area (Å²) in [5.41, 5.74) is 0. The number of carbonyl (C=O) groups is 1. The SMILES string of the molecule is C=CCO[C@H]1CC[C@H]2[C@H]1OCCN2C(=O)C1CC=CCC1. The molecule has 3 aliphatic rings. The van der Waals surface area contributed by atoms with Crippen LogP contribution in [0.15, 0.2) is 24.8 Å². The van der Waals surface area contributed by atoms with E-state index >= 15 is 0 Å². The van der Waals surface area contributed by atoms with Gasteiger partial charge in [0.2, 0.25) is 5.91 Å². The summed E-state index contributed by atoms with van der Waals surface area (Å²) >= 11 is 0. The smallest absolute Gasteiger partial charge is 0.226 e. The third-order valence-corrected chi connectivity index (χ3v) is 4.86. The molecule has 0 aromatic rings. The fourth-order valence-corrected chi connectivity index (χ4v) is 3.81. The quantitative estimate of drug-likeness (QED) is 0.746. The van der Waals surface area contributed by atoms with Crippen LogP contribution in [-0.4, -0.2) is 48.8 Å². The molecule has 1 saturated carbocycles. The Morgan fingerprint density at radius 3 is 3.05 bits per heavy atom. The topological polar surface area (TPSA) is 38.8 Å². The van der Waals surface area contributed by atoms with E-state index in [9.17, 15) is 4.79 Å². The van der Waals surface area contributed by atoms with Crippen LogP contribution in [0.1, 0.15) is 32.1 Å². The minimum absolute atomic E-state index is 0.0433. The van der Waals surface area contributed by atoms with Crippen molar-refractivity contribution < 1.29 is 14.3 Å². The average Bonchev–Trinajstić information content (AvgIpc) is 2.96. The molecule has 2 aliphatic carbocycles. The van der Waals surface area contributed by atoms with E-state index in [2.05, 4.69) is 23.6 Å². The van der Waals surface area contributed by atoms with E-state index in [1.165, 1.54) is 0 Å². The van der Waals surface area contributed by atoms with Crippen LogP contribution in [0.2, 0.25) is 0 Å². The summed E-state index contributed by atoms with van der Waals surface area (Å²) in [6.07, 6.45) is 11.1. The van der Waals surface area contributed by atoms with E-state index in [-0.39, 0.29) is 24.2 Å². The number of amides is 1. The van der Waals surface area contributed by atoms with Crippen LogP contribution in [0.5, 0.6) is 0 Å². The average molecular weight is 291 g/mol. The van der Waals surface area contributed by atoms with Crippen molar-refractivity contribution in [1.29, 1.82) is 0 Å². The van der Waals surface area contributed by atoms with Gasteiger partial charge >= 0.3 is 0 Å². The van der Waals surface area contributed by atoms with Crippen LogP contribution >= 0.6 is 0 Å².